The highest BCUT2D eigenvalue weighted by atomic mass is 35.5. The topological polar surface area (TPSA) is 83.6 Å². The third kappa shape index (κ3) is 6.44. The van der Waals surface area contributed by atoms with E-state index >= 15 is 0 Å². The maximum absolute atomic E-state index is 13.0. The van der Waals surface area contributed by atoms with Crippen molar-refractivity contribution in [3.05, 3.63) is 53.6 Å². The molecule has 0 aromatic heterocycles. The van der Waals surface area contributed by atoms with E-state index in [1.807, 2.05) is 13.8 Å². The van der Waals surface area contributed by atoms with Gasteiger partial charge in [0, 0.05) is 23.8 Å². The van der Waals surface area contributed by atoms with Gasteiger partial charge in [0.25, 0.3) is 10.0 Å². The van der Waals surface area contributed by atoms with E-state index in [9.17, 15) is 16.8 Å². The molecule has 0 radical (unpaired) electrons. The third-order valence-corrected chi connectivity index (χ3v) is 7.95. The maximum Gasteiger partial charge on any atom is 0.261 e. The molecule has 2 rings (SSSR count). The molecule has 0 spiro atoms. The monoisotopic (exact) mass is 458 g/mol. The molecule has 0 heterocycles. The van der Waals surface area contributed by atoms with Crippen LogP contribution < -0.4 is 4.72 Å². The van der Waals surface area contributed by atoms with Gasteiger partial charge in [-0.05, 0) is 61.4 Å². The van der Waals surface area contributed by atoms with Crippen LogP contribution in [-0.2, 0) is 20.0 Å². The van der Waals surface area contributed by atoms with Gasteiger partial charge in [-0.25, -0.2) is 16.8 Å². The summed E-state index contributed by atoms with van der Waals surface area (Å²) >= 11 is 5.79. The van der Waals surface area contributed by atoms with Crippen LogP contribution in [0, 0.1) is 0 Å². The minimum absolute atomic E-state index is 0.0731. The predicted molar refractivity (Wildman–Crippen MR) is 117 cm³/mol. The van der Waals surface area contributed by atoms with Gasteiger partial charge in [0.1, 0.15) is 0 Å². The standard InChI is InChI=1S/C20H27ClN2O4S2/c1-3-5-15-23(16-6-4-2)29(26,27)20-13-9-18(10-14-20)22-28(24,25)19-11-7-17(21)8-12-19/h7-14,22H,3-6,15-16H2,1-2H3. The normalized spacial score (nSPS) is 12.3. The number of unbranched alkanes of at least 4 members (excludes halogenated alkanes) is 2. The number of sulfonamides is 2. The molecule has 0 aliphatic rings. The zero-order valence-corrected chi connectivity index (χ0v) is 19.0. The Balaban J connectivity index is 2.20. The molecule has 29 heavy (non-hydrogen) atoms. The number of benzene rings is 2. The Morgan fingerprint density at radius 2 is 1.28 bits per heavy atom. The number of nitrogens with zero attached hydrogens (tertiary/aromatic N) is 1. The molecule has 0 unspecified atom stereocenters. The zero-order valence-electron chi connectivity index (χ0n) is 16.6. The molecule has 0 saturated carbocycles. The summed E-state index contributed by atoms with van der Waals surface area (Å²) in [5.41, 5.74) is 0.285. The van der Waals surface area contributed by atoms with Gasteiger partial charge >= 0.3 is 0 Å². The van der Waals surface area contributed by atoms with Crippen molar-refractivity contribution in [2.75, 3.05) is 17.8 Å². The second-order valence-corrected chi connectivity index (χ2v) is 10.8. The van der Waals surface area contributed by atoms with Gasteiger partial charge in [-0.15, -0.1) is 0 Å². The van der Waals surface area contributed by atoms with Crippen molar-refractivity contribution >= 4 is 37.3 Å². The number of nitrogens with one attached hydrogen (secondary N) is 1. The predicted octanol–water partition coefficient (Wildman–Crippen LogP) is 4.73. The molecular formula is C20H27ClN2O4S2. The summed E-state index contributed by atoms with van der Waals surface area (Å²) in [5, 5.41) is 0.439. The van der Waals surface area contributed by atoms with Crippen LogP contribution in [-0.4, -0.2) is 34.2 Å². The molecule has 9 heteroatoms. The first kappa shape index (κ1) is 23.7. The van der Waals surface area contributed by atoms with Gasteiger partial charge in [-0.2, -0.15) is 4.31 Å². The fourth-order valence-electron chi connectivity index (χ4n) is 2.69. The summed E-state index contributed by atoms with van der Waals surface area (Å²) in [7, 11) is -7.41. The van der Waals surface area contributed by atoms with Crippen molar-refractivity contribution in [2.24, 2.45) is 0 Å². The minimum Gasteiger partial charge on any atom is -0.280 e. The summed E-state index contributed by atoms with van der Waals surface area (Å²) in [6.07, 6.45) is 3.40. The molecule has 2 aromatic rings. The van der Waals surface area contributed by atoms with Crippen LogP contribution in [0.1, 0.15) is 39.5 Å². The first-order valence-electron chi connectivity index (χ1n) is 9.59. The number of hydrogen-bond acceptors (Lipinski definition) is 4. The highest BCUT2D eigenvalue weighted by Crippen LogP contribution is 2.22. The summed E-state index contributed by atoms with van der Waals surface area (Å²) in [6.45, 7) is 4.99. The first-order valence-corrected chi connectivity index (χ1v) is 12.9. The lowest BCUT2D eigenvalue weighted by Gasteiger charge is -2.22. The quantitative estimate of drug-likeness (QED) is 0.527. The molecule has 0 saturated heterocycles. The summed E-state index contributed by atoms with van der Waals surface area (Å²) < 4.78 is 54.8. The third-order valence-electron chi connectivity index (χ3n) is 4.39. The zero-order chi connectivity index (χ0) is 21.5. The minimum atomic E-state index is -3.79. The van der Waals surface area contributed by atoms with Gasteiger partial charge in [0.05, 0.1) is 9.79 Å². The van der Waals surface area contributed by atoms with Crippen molar-refractivity contribution in [3.63, 3.8) is 0 Å². The van der Waals surface area contributed by atoms with E-state index < -0.39 is 20.0 Å². The molecule has 0 bridgehead atoms. The Bertz CT molecular complexity index is 982. The Morgan fingerprint density at radius 1 is 0.793 bits per heavy atom. The second kappa shape index (κ2) is 10.4. The van der Waals surface area contributed by atoms with Crippen molar-refractivity contribution < 1.29 is 16.8 Å². The number of rotatable bonds is 11. The lowest BCUT2D eigenvalue weighted by molar-refractivity contribution is 0.395. The molecule has 0 fully saturated rings. The SMILES string of the molecule is CCCCN(CCCC)S(=O)(=O)c1ccc(NS(=O)(=O)c2ccc(Cl)cc2)cc1. The fraction of sp³-hybridized carbons (Fsp3) is 0.400. The van der Waals surface area contributed by atoms with E-state index in [0.717, 1.165) is 25.7 Å². The molecule has 160 valence electrons. The van der Waals surface area contributed by atoms with Crippen LogP contribution in [0.2, 0.25) is 5.02 Å². The molecule has 6 nitrogen and oxygen atoms in total. The van der Waals surface area contributed by atoms with E-state index in [1.165, 1.54) is 52.8 Å². The van der Waals surface area contributed by atoms with Crippen LogP contribution in [0.5, 0.6) is 0 Å². The van der Waals surface area contributed by atoms with Crippen LogP contribution >= 0.6 is 11.6 Å². The van der Waals surface area contributed by atoms with Crippen LogP contribution in [0.3, 0.4) is 0 Å². The Morgan fingerprint density at radius 3 is 1.76 bits per heavy atom. The van der Waals surface area contributed by atoms with Gasteiger partial charge < -0.3 is 0 Å². The van der Waals surface area contributed by atoms with Crippen molar-refractivity contribution in [1.29, 1.82) is 0 Å². The van der Waals surface area contributed by atoms with E-state index in [4.69, 9.17) is 11.6 Å². The average Bonchev–Trinajstić information content (AvgIpc) is 2.68. The van der Waals surface area contributed by atoms with Gasteiger partial charge in [0.15, 0.2) is 0 Å². The average molecular weight is 459 g/mol. The highest BCUT2D eigenvalue weighted by molar-refractivity contribution is 7.92. The van der Waals surface area contributed by atoms with E-state index in [-0.39, 0.29) is 15.5 Å². The number of hydrogen-bond donors (Lipinski definition) is 1. The van der Waals surface area contributed by atoms with Crippen LogP contribution in [0.4, 0.5) is 5.69 Å². The van der Waals surface area contributed by atoms with Crippen LogP contribution in [0.15, 0.2) is 58.3 Å². The Labute approximate surface area is 179 Å². The largest absolute Gasteiger partial charge is 0.280 e. The van der Waals surface area contributed by atoms with E-state index in [2.05, 4.69) is 4.72 Å². The van der Waals surface area contributed by atoms with Gasteiger partial charge in [-0.3, -0.25) is 4.72 Å². The van der Waals surface area contributed by atoms with Crippen molar-refractivity contribution in [3.8, 4) is 0 Å². The Kier molecular flexibility index (Phi) is 8.51. The molecule has 0 aliphatic carbocycles. The summed E-state index contributed by atoms with van der Waals surface area (Å²) in [4.78, 5) is 0.225. The summed E-state index contributed by atoms with van der Waals surface area (Å²) in [5.74, 6) is 0. The second-order valence-electron chi connectivity index (χ2n) is 6.69. The molecule has 1 N–H and O–H groups in total. The van der Waals surface area contributed by atoms with Crippen molar-refractivity contribution in [2.45, 2.75) is 49.3 Å². The Hall–Kier alpha value is -1.61. The molecule has 0 aliphatic heterocycles. The van der Waals surface area contributed by atoms with E-state index in [0.29, 0.717) is 18.1 Å². The van der Waals surface area contributed by atoms with Crippen LogP contribution in [0.25, 0.3) is 0 Å². The molecule has 2 aromatic carbocycles. The highest BCUT2D eigenvalue weighted by Gasteiger charge is 2.23. The number of anilines is 1. The first-order chi connectivity index (χ1) is 13.7. The molecule has 0 amide bonds. The maximum atomic E-state index is 13.0. The summed E-state index contributed by atoms with van der Waals surface area (Å²) in [6, 6.07) is 11.6. The lowest BCUT2D eigenvalue weighted by Crippen LogP contribution is -2.33. The van der Waals surface area contributed by atoms with E-state index in [1.54, 1.807) is 0 Å². The van der Waals surface area contributed by atoms with Crippen molar-refractivity contribution in [1.82, 2.24) is 4.31 Å². The smallest absolute Gasteiger partial charge is 0.261 e. The fourth-order valence-corrected chi connectivity index (χ4v) is 5.39. The van der Waals surface area contributed by atoms with Gasteiger partial charge in [0.2, 0.25) is 10.0 Å². The molecular weight excluding hydrogens is 432 g/mol. The number of halogens is 1. The van der Waals surface area contributed by atoms with Gasteiger partial charge in [-0.1, -0.05) is 38.3 Å². The lowest BCUT2D eigenvalue weighted by atomic mass is 10.3. The molecule has 0 atom stereocenters.